The lowest BCUT2D eigenvalue weighted by atomic mass is 10.1. The summed E-state index contributed by atoms with van der Waals surface area (Å²) in [6, 6.07) is 25.4. The number of hydrogen-bond donors (Lipinski definition) is 0. The van der Waals surface area contributed by atoms with Gasteiger partial charge in [-0.25, -0.2) is 14.4 Å². The zero-order valence-electron chi connectivity index (χ0n) is 17.9. The van der Waals surface area contributed by atoms with E-state index in [1.807, 2.05) is 0 Å². The molecule has 0 aromatic heterocycles. The van der Waals surface area contributed by atoms with Crippen LogP contribution in [-0.2, 0) is 18.9 Å². The van der Waals surface area contributed by atoms with E-state index in [0.29, 0.717) is 16.7 Å². The average molecular weight is 525 g/mol. The van der Waals surface area contributed by atoms with Crippen LogP contribution >= 0.6 is 15.9 Å². The molecular formula is C26H21BrO7. The van der Waals surface area contributed by atoms with Crippen LogP contribution in [0, 0.1) is 0 Å². The molecule has 1 saturated heterocycles. The molecule has 1 aliphatic rings. The second kappa shape index (κ2) is 11.1. The Hall–Kier alpha value is -3.49. The number of esters is 3. The number of hydrogen-bond acceptors (Lipinski definition) is 7. The fourth-order valence-electron chi connectivity index (χ4n) is 3.43. The predicted octanol–water partition coefficient (Wildman–Crippen LogP) is 4.41. The van der Waals surface area contributed by atoms with Crippen molar-refractivity contribution in [3.05, 3.63) is 108 Å². The Morgan fingerprint density at radius 3 is 1.53 bits per heavy atom. The van der Waals surface area contributed by atoms with Crippen molar-refractivity contribution in [1.29, 1.82) is 0 Å². The molecule has 0 aliphatic carbocycles. The largest absolute Gasteiger partial charge is 0.459 e. The third kappa shape index (κ3) is 5.70. The number of ether oxygens (including phenoxy) is 4. The summed E-state index contributed by atoms with van der Waals surface area (Å²) in [6.07, 6.45) is -2.85. The van der Waals surface area contributed by atoms with Crippen molar-refractivity contribution < 1.29 is 33.3 Å². The minimum absolute atomic E-state index is 0.206. The van der Waals surface area contributed by atoms with Gasteiger partial charge in [0.2, 0.25) is 0 Å². The molecule has 34 heavy (non-hydrogen) atoms. The molecular weight excluding hydrogens is 504 g/mol. The normalized spacial score (nSPS) is 21.4. The lowest BCUT2D eigenvalue weighted by Gasteiger charge is -2.23. The summed E-state index contributed by atoms with van der Waals surface area (Å²) >= 11 is 3.35. The number of halogens is 1. The Labute approximate surface area is 204 Å². The fourth-order valence-corrected chi connectivity index (χ4v) is 4.11. The minimum atomic E-state index is -1.02. The highest BCUT2D eigenvalue weighted by atomic mass is 79.9. The first-order valence-electron chi connectivity index (χ1n) is 10.6. The quantitative estimate of drug-likeness (QED) is 0.257. The molecule has 7 nitrogen and oxygen atoms in total. The second-order valence-electron chi connectivity index (χ2n) is 7.46. The molecule has 4 atom stereocenters. The number of alkyl halides is 1. The van der Waals surface area contributed by atoms with Crippen LogP contribution in [0.15, 0.2) is 91.0 Å². The van der Waals surface area contributed by atoms with Crippen molar-refractivity contribution in [2.75, 3.05) is 6.61 Å². The Kier molecular flexibility index (Phi) is 7.72. The SMILES string of the molecule is O=C(OC[C@H]1O[C@@H](Br)C(OC(=O)c2ccccc2)C1OC(=O)c1ccccc1)c1ccccc1. The molecule has 0 bridgehead atoms. The van der Waals surface area contributed by atoms with E-state index in [1.165, 1.54) is 0 Å². The van der Waals surface area contributed by atoms with E-state index in [4.69, 9.17) is 18.9 Å². The molecule has 0 spiro atoms. The lowest BCUT2D eigenvalue weighted by molar-refractivity contribution is -0.0435. The van der Waals surface area contributed by atoms with E-state index < -0.39 is 41.2 Å². The Balaban J connectivity index is 1.51. The molecule has 174 valence electrons. The van der Waals surface area contributed by atoms with Gasteiger partial charge >= 0.3 is 17.9 Å². The number of carbonyl (C=O) groups is 3. The number of rotatable bonds is 7. The lowest BCUT2D eigenvalue weighted by Crippen LogP contribution is -2.41. The maximum absolute atomic E-state index is 12.8. The van der Waals surface area contributed by atoms with E-state index in [1.54, 1.807) is 91.0 Å². The smallest absolute Gasteiger partial charge is 0.338 e. The van der Waals surface area contributed by atoms with Gasteiger partial charge in [-0.15, -0.1) is 0 Å². The molecule has 0 amide bonds. The Morgan fingerprint density at radius 2 is 1.06 bits per heavy atom. The zero-order valence-corrected chi connectivity index (χ0v) is 19.5. The average Bonchev–Trinajstić information content (AvgIpc) is 3.17. The maximum atomic E-state index is 12.8. The molecule has 1 fully saturated rings. The van der Waals surface area contributed by atoms with Gasteiger partial charge in [0.05, 0.1) is 16.7 Å². The van der Waals surface area contributed by atoms with E-state index in [9.17, 15) is 14.4 Å². The van der Waals surface area contributed by atoms with Gasteiger partial charge in [0.25, 0.3) is 0 Å². The van der Waals surface area contributed by atoms with Crippen LogP contribution in [0.4, 0.5) is 0 Å². The molecule has 3 aromatic rings. The van der Waals surface area contributed by atoms with E-state index in [0.717, 1.165) is 0 Å². The van der Waals surface area contributed by atoms with Crippen LogP contribution in [0.2, 0.25) is 0 Å². The number of benzene rings is 3. The van der Waals surface area contributed by atoms with Crippen molar-refractivity contribution in [3.8, 4) is 0 Å². The van der Waals surface area contributed by atoms with Crippen LogP contribution in [-0.4, -0.2) is 47.8 Å². The first-order chi connectivity index (χ1) is 16.5. The predicted molar refractivity (Wildman–Crippen MR) is 126 cm³/mol. The van der Waals surface area contributed by atoms with Gasteiger partial charge in [-0.05, 0) is 36.4 Å². The molecule has 8 heteroatoms. The first kappa shape index (κ1) is 23.7. The van der Waals surface area contributed by atoms with Gasteiger partial charge in [0.15, 0.2) is 17.2 Å². The van der Waals surface area contributed by atoms with Crippen molar-refractivity contribution in [2.24, 2.45) is 0 Å². The molecule has 4 rings (SSSR count). The van der Waals surface area contributed by atoms with Crippen molar-refractivity contribution >= 4 is 33.8 Å². The Bertz CT molecular complexity index is 1120. The highest BCUT2D eigenvalue weighted by molar-refractivity contribution is 9.09. The van der Waals surface area contributed by atoms with Crippen LogP contribution in [0.5, 0.6) is 0 Å². The van der Waals surface area contributed by atoms with Crippen LogP contribution < -0.4 is 0 Å². The summed E-state index contributed by atoms with van der Waals surface area (Å²) in [6.45, 7) is -0.206. The van der Waals surface area contributed by atoms with Crippen molar-refractivity contribution in [3.63, 3.8) is 0 Å². The summed E-state index contributed by atoms with van der Waals surface area (Å²) in [5.74, 6) is -1.76. The Morgan fingerprint density at radius 1 is 0.647 bits per heavy atom. The summed E-state index contributed by atoms with van der Waals surface area (Å²) in [5, 5.41) is -0.783. The topological polar surface area (TPSA) is 88.1 Å². The van der Waals surface area contributed by atoms with Crippen molar-refractivity contribution in [1.82, 2.24) is 0 Å². The van der Waals surface area contributed by atoms with Gasteiger partial charge in [-0.2, -0.15) is 0 Å². The van der Waals surface area contributed by atoms with E-state index >= 15 is 0 Å². The summed E-state index contributed by atoms with van der Waals surface area (Å²) in [4.78, 5) is 37.8. The third-order valence-corrected chi connectivity index (χ3v) is 5.88. The molecule has 0 saturated carbocycles. The zero-order chi connectivity index (χ0) is 23.9. The third-order valence-electron chi connectivity index (χ3n) is 5.15. The van der Waals surface area contributed by atoms with Crippen LogP contribution in [0.1, 0.15) is 31.1 Å². The highest BCUT2D eigenvalue weighted by Crippen LogP contribution is 2.32. The van der Waals surface area contributed by atoms with Gasteiger partial charge in [-0.1, -0.05) is 70.5 Å². The molecule has 0 radical (unpaired) electrons. The molecule has 1 heterocycles. The molecule has 3 aromatic carbocycles. The fraction of sp³-hybridized carbons (Fsp3) is 0.192. The molecule has 0 N–H and O–H groups in total. The molecule has 1 aliphatic heterocycles. The standard InChI is InChI=1S/C26H21BrO7/c27-23-22(34-26(30)19-14-8-3-9-15-19)21(33-25(29)18-12-6-2-7-13-18)20(32-23)16-31-24(28)17-10-4-1-5-11-17/h1-15,20-23H,16H2/t20-,21?,22?,23-/m1/s1. The maximum Gasteiger partial charge on any atom is 0.338 e. The van der Waals surface area contributed by atoms with Gasteiger partial charge in [-0.3, -0.25) is 0 Å². The summed E-state index contributed by atoms with van der Waals surface area (Å²) < 4.78 is 22.6. The highest BCUT2D eigenvalue weighted by Gasteiger charge is 2.49. The monoisotopic (exact) mass is 524 g/mol. The van der Waals surface area contributed by atoms with Crippen molar-refractivity contribution in [2.45, 2.75) is 23.3 Å². The van der Waals surface area contributed by atoms with Gasteiger partial charge in [0.1, 0.15) is 12.7 Å². The number of carbonyl (C=O) groups excluding carboxylic acids is 3. The van der Waals surface area contributed by atoms with E-state index in [2.05, 4.69) is 15.9 Å². The summed E-state index contributed by atoms with van der Waals surface area (Å²) in [7, 11) is 0. The summed E-state index contributed by atoms with van der Waals surface area (Å²) in [5.41, 5.74) is 1.05. The molecule has 2 unspecified atom stereocenters. The van der Waals surface area contributed by atoms with E-state index in [-0.39, 0.29) is 6.61 Å². The van der Waals surface area contributed by atoms with Gasteiger partial charge < -0.3 is 18.9 Å². The van der Waals surface area contributed by atoms with Crippen LogP contribution in [0.3, 0.4) is 0 Å². The second-order valence-corrected chi connectivity index (χ2v) is 8.36. The van der Waals surface area contributed by atoms with Gasteiger partial charge in [0, 0.05) is 0 Å². The minimum Gasteiger partial charge on any atom is -0.459 e. The van der Waals surface area contributed by atoms with Crippen LogP contribution in [0.25, 0.3) is 0 Å². The first-order valence-corrected chi connectivity index (χ1v) is 11.5.